The molecule has 0 bridgehead atoms. The Balaban J connectivity index is 2.45. The van der Waals surface area contributed by atoms with E-state index >= 15 is 0 Å². The van der Waals surface area contributed by atoms with Crippen LogP contribution in [-0.2, 0) is 6.42 Å². The molecule has 0 unspecified atom stereocenters. The lowest BCUT2D eigenvalue weighted by Gasteiger charge is -1.98. The predicted molar refractivity (Wildman–Crippen MR) is 47.4 cm³/mol. The molecule has 0 spiro atoms. The molecule has 2 rings (SSSR count). The van der Waals surface area contributed by atoms with Crippen molar-refractivity contribution in [1.29, 1.82) is 0 Å². The minimum atomic E-state index is 0.672. The van der Waals surface area contributed by atoms with Gasteiger partial charge in [-0.2, -0.15) is 0 Å². The van der Waals surface area contributed by atoms with Crippen molar-refractivity contribution < 1.29 is 0 Å². The van der Waals surface area contributed by atoms with Gasteiger partial charge in [0.05, 0.1) is 0 Å². The lowest BCUT2D eigenvalue weighted by Crippen LogP contribution is -1.90. The zero-order valence-electron chi connectivity index (χ0n) is 6.49. The van der Waals surface area contributed by atoms with Crippen molar-refractivity contribution in [2.45, 2.75) is 6.42 Å². The number of benzene rings is 1. The summed E-state index contributed by atoms with van der Waals surface area (Å²) in [6.45, 7) is 0.981. The van der Waals surface area contributed by atoms with Crippen LogP contribution in [0.4, 0.5) is 11.4 Å². The van der Waals surface area contributed by atoms with Crippen LogP contribution < -0.4 is 5.32 Å². The Morgan fingerprint density at radius 1 is 1.50 bits per heavy atom. The van der Waals surface area contributed by atoms with Gasteiger partial charge in [-0.05, 0) is 23.6 Å². The molecule has 1 aliphatic rings. The van der Waals surface area contributed by atoms with E-state index in [-0.39, 0.29) is 0 Å². The normalized spacial score (nSPS) is 13.0. The summed E-state index contributed by atoms with van der Waals surface area (Å²) in [5.41, 5.74) is 11.3. The highest BCUT2D eigenvalue weighted by Gasteiger charge is 2.08. The molecule has 60 valence electrons. The van der Waals surface area contributed by atoms with E-state index < -0.39 is 0 Å². The molecule has 0 aromatic heterocycles. The number of nitrogens with one attached hydrogen (secondary N) is 1. The van der Waals surface area contributed by atoms with E-state index in [0.717, 1.165) is 18.7 Å². The van der Waals surface area contributed by atoms with E-state index in [1.54, 1.807) is 0 Å². The molecule has 1 N–H and O–H groups in total. The molecule has 0 atom stereocenters. The Kier molecular flexibility index (Phi) is 1.61. The largest absolute Gasteiger partial charge is 0.384 e. The van der Waals surface area contributed by atoms with Crippen LogP contribution >= 0.6 is 0 Å². The molecule has 4 nitrogen and oxygen atoms in total. The fourth-order valence-electron chi connectivity index (χ4n) is 1.39. The minimum absolute atomic E-state index is 0.672. The molecule has 1 aromatic rings. The SMILES string of the molecule is [N-]=[N+]=Nc1ccc2c(c1)NCC2. The molecule has 0 saturated carbocycles. The number of hydrogen-bond donors (Lipinski definition) is 1. The standard InChI is InChI=1S/C8H8N4/c9-12-11-7-2-1-6-3-4-10-8(6)5-7/h1-2,5,10H,3-4H2. The van der Waals surface area contributed by atoms with Crippen LogP contribution in [0.15, 0.2) is 23.3 Å². The third-order valence-corrected chi connectivity index (χ3v) is 1.96. The fourth-order valence-corrected chi connectivity index (χ4v) is 1.39. The van der Waals surface area contributed by atoms with Gasteiger partial charge in [-0.25, -0.2) is 0 Å². The molecule has 1 aliphatic heterocycles. The second-order valence-electron chi connectivity index (χ2n) is 2.71. The number of nitrogens with zero attached hydrogens (tertiary/aromatic N) is 3. The summed E-state index contributed by atoms with van der Waals surface area (Å²) in [7, 11) is 0. The summed E-state index contributed by atoms with van der Waals surface area (Å²) in [5.74, 6) is 0. The van der Waals surface area contributed by atoms with Crippen LogP contribution in [0.2, 0.25) is 0 Å². The highest BCUT2D eigenvalue weighted by atomic mass is 15.1. The van der Waals surface area contributed by atoms with Gasteiger partial charge in [-0.15, -0.1) is 0 Å². The van der Waals surface area contributed by atoms with Crippen molar-refractivity contribution in [3.63, 3.8) is 0 Å². The van der Waals surface area contributed by atoms with E-state index in [1.807, 2.05) is 18.2 Å². The second kappa shape index (κ2) is 2.75. The quantitative estimate of drug-likeness (QED) is 0.383. The summed E-state index contributed by atoms with van der Waals surface area (Å²) in [6, 6.07) is 5.72. The molecule has 0 fully saturated rings. The summed E-state index contributed by atoms with van der Waals surface area (Å²) >= 11 is 0. The molecule has 0 aliphatic carbocycles. The maximum absolute atomic E-state index is 8.21. The number of fused-ring (bicyclic) bond motifs is 1. The molecule has 12 heavy (non-hydrogen) atoms. The lowest BCUT2D eigenvalue weighted by molar-refractivity contribution is 1.11. The average molecular weight is 160 g/mol. The van der Waals surface area contributed by atoms with Crippen molar-refractivity contribution >= 4 is 11.4 Å². The molecule has 0 saturated heterocycles. The highest BCUT2D eigenvalue weighted by Crippen LogP contribution is 2.26. The highest BCUT2D eigenvalue weighted by molar-refractivity contribution is 5.61. The molecule has 1 aromatic carbocycles. The number of anilines is 1. The van der Waals surface area contributed by atoms with Gasteiger partial charge in [0.15, 0.2) is 0 Å². The van der Waals surface area contributed by atoms with E-state index in [0.29, 0.717) is 5.69 Å². The monoisotopic (exact) mass is 160 g/mol. The molecule has 0 amide bonds. The first-order valence-corrected chi connectivity index (χ1v) is 3.82. The van der Waals surface area contributed by atoms with Crippen LogP contribution in [0, 0.1) is 0 Å². The topological polar surface area (TPSA) is 60.8 Å². The minimum Gasteiger partial charge on any atom is -0.384 e. The van der Waals surface area contributed by atoms with E-state index in [4.69, 9.17) is 5.53 Å². The van der Waals surface area contributed by atoms with Crippen molar-refractivity contribution in [3.05, 3.63) is 34.2 Å². The van der Waals surface area contributed by atoms with Crippen LogP contribution in [0.25, 0.3) is 10.4 Å². The van der Waals surface area contributed by atoms with Gasteiger partial charge in [-0.3, -0.25) is 0 Å². The number of rotatable bonds is 1. The summed E-state index contributed by atoms with van der Waals surface area (Å²) in [5, 5.41) is 6.74. The Morgan fingerprint density at radius 3 is 3.25 bits per heavy atom. The van der Waals surface area contributed by atoms with Crippen LogP contribution in [0.1, 0.15) is 5.56 Å². The van der Waals surface area contributed by atoms with Gasteiger partial charge >= 0.3 is 0 Å². The first-order valence-electron chi connectivity index (χ1n) is 3.82. The summed E-state index contributed by atoms with van der Waals surface area (Å²) < 4.78 is 0. The van der Waals surface area contributed by atoms with Gasteiger partial charge in [0, 0.05) is 22.8 Å². The fraction of sp³-hybridized carbons (Fsp3) is 0.250. The van der Waals surface area contributed by atoms with Crippen molar-refractivity contribution in [2.24, 2.45) is 5.11 Å². The van der Waals surface area contributed by atoms with Gasteiger partial charge < -0.3 is 5.32 Å². The second-order valence-corrected chi connectivity index (χ2v) is 2.71. The van der Waals surface area contributed by atoms with E-state index in [1.165, 1.54) is 5.56 Å². The third kappa shape index (κ3) is 1.08. The Labute approximate surface area is 69.8 Å². The van der Waals surface area contributed by atoms with E-state index in [9.17, 15) is 0 Å². The Bertz CT molecular complexity index is 352. The molecule has 4 heteroatoms. The van der Waals surface area contributed by atoms with Crippen LogP contribution in [0.3, 0.4) is 0 Å². The lowest BCUT2D eigenvalue weighted by atomic mass is 10.1. The first-order chi connectivity index (χ1) is 5.90. The molecule has 0 radical (unpaired) electrons. The first kappa shape index (κ1) is 7.00. The van der Waals surface area contributed by atoms with Gasteiger partial charge in [0.25, 0.3) is 0 Å². The average Bonchev–Trinajstić information content (AvgIpc) is 2.51. The number of hydrogen-bond acceptors (Lipinski definition) is 2. The van der Waals surface area contributed by atoms with Gasteiger partial charge in [-0.1, -0.05) is 17.2 Å². The summed E-state index contributed by atoms with van der Waals surface area (Å²) in [6.07, 6.45) is 1.06. The molecule has 1 heterocycles. The summed E-state index contributed by atoms with van der Waals surface area (Å²) in [4.78, 5) is 2.73. The third-order valence-electron chi connectivity index (χ3n) is 1.96. The van der Waals surface area contributed by atoms with Crippen LogP contribution in [-0.4, -0.2) is 6.54 Å². The van der Waals surface area contributed by atoms with Crippen LogP contribution in [0.5, 0.6) is 0 Å². The van der Waals surface area contributed by atoms with Gasteiger partial charge in [0.1, 0.15) is 0 Å². The maximum Gasteiger partial charge on any atom is 0.0396 e. The maximum atomic E-state index is 8.21. The zero-order valence-corrected chi connectivity index (χ0v) is 6.49. The van der Waals surface area contributed by atoms with Crippen molar-refractivity contribution in [2.75, 3.05) is 11.9 Å². The Morgan fingerprint density at radius 2 is 2.42 bits per heavy atom. The van der Waals surface area contributed by atoms with Crippen molar-refractivity contribution in [3.8, 4) is 0 Å². The molecular formula is C8H8N4. The van der Waals surface area contributed by atoms with Crippen molar-refractivity contribution in [1.82, 2.24) is 0 Å². The van der Waals surface area contributed by atoms with E-state index in [2.05, 4.69) is 15.3 Å². The smallest absolute Gasteiger partial charge is 0.0396 e. The molecular weight excluding hydrogens is 152 g/mol. The van der Waals surface area contributed by atoms with Gasteiger partial charge in [0.2, 0.25) is 0 Å². The number of azide groups is 1. The zero-order chi connectivity index (χ0) is 8.39. The Hall–Kier alpha value is -1.67. The predicted octanol–water partition coefficient (Wildman–Crippen LogP) is 2.60.